The zero-order valence-electron chi connectivity index (χ0n) is 17.3. The maximum absolute atomic E-state index is 13.7. The molecule has 0 fully saturated rings. The summed E-state index contributed by atoms with van der Waals surface area (Å²) in [4.78, 5) is -1.29. The average Bonchev–Trinajstić information content (AvgIpc) is 2.71. The van der Waals surface area contributed by atoms with Crippen molar-refractivity contribution in [3.63, 3.8) is 0 Å². The monoisotopic (exact) mass is 626 g/mol. The molecule has 38 heavy (non-hydrogen) atoms. The fourth-order valence-corrected chi connectivity index (χ4v) is 2.58. The van der Waals surface area contributed by atoms with E-state index in [1.54, 1.807) is 0 Å². The van der Waals surface area contributed by atoms with Crippen molar-refractivity contribution in [2.24, 2.45) is 0 Å². The van der Waals surface area contributed by atoms with Crippen LogP contribution in [-0.2, 0) is 10.1 Å². The summed E-state index contributed by atoms with van der Waals surface area (Å²) in [5.41, 5.74) is 0. The Morgan fingerprint density at radius 3 is 1.32 bits per heavy atom. The molecule has 0 aromatic heterocycles. The minimum absolute atomic E-state index is 0. The molecule has 23 heteroatoms. The Bertz CT molecular complexity index is 1140. The van der Waals surface area contributed by atoms with Gasteiger partial charge in [-0.1, -0.05) is 0 Å². The molecule has 0 atom stereocenters. The Morgan fingerprint density at radius 2 is 0.974 bits per heavy atom. The van der Waals surface area contributed by atoms with Crippen molar-refractivity contribution in [1.82, 2.24) is 0 Å². The molecule has 0 bridgehead atoms. The molecular formula is C15H4F17NaO4S. The minimum Gasteiger partial charge on any atom is -0.744 e. The van der Waals surface area contributed by atoms with Crippen LogP contribution in [0.4, 0.5) is 74.6 Å². The number of hydrogen-bond acceptors (Lipinski definition) is 4. The van der Waals surface area contributed by atoms with Crippen molar-refractivity contribution >= 4 is 10.1 Å². The van der Waals surface area contributed by atoms with E-state index in [0.29, 0.717) is 0 Å². The predicted molar refractivity (Wildman–Crippen MR) is 80.0 cm³/mol. The third-order valence-electron chi connectivity index (χ3n) is 4.14. The average molecular weight is 626 g/mol. The summed E-state index contributed by atoms with van der Waals surface area (Å²) in [7, 11) is -5.34. The van der Waals surface area contributed by atoms with Gasteiger partial charge in [-0.05, 0) is 24.3 Å². The third-order valence-corrected chi connectivity index (χ3v) is 4.99. The number of hydrogen-bond donors (Lipinski definition) is 0. The van der Waals surface area contributed by atoms with E-state index < -0.39 is 74.3 Å². The Balaban J connectivity index is 0.0000137. The van der Waals surface area contributed by atoms with Crippen LogP contribution in [0.3, 0.4) is 0 Å². The summed E-state index contributed by atoms with van der Waals surface area (Å²) >= 11 is 0. The number of halogens is 17. The molecule has 0 amide bonds. The molecule has 0 aliphatic heterocycles. The zero-order valence-corrected chi connectivity index (χ0v) is 20.1. The van der Waals surface area contributed by atoms with Gasteiger partial charge in [0.1, 0.15) is 15.9 Å². The molecule has 0 N–H and O–H groups in total. The maximum atomic E-state index is 13.7. The number of alkyl halides is 14. The summed E-state index contributed by atoms with van der Waals surface area (Å²) in [5, 5.41) is 0. The summed E-state index contributed by atoms with van der Waals surface area (Å²) < 4.78 is 260. The second-order valence-corrected chi connectivity index (χ2v) is 7.94. The van der Waals surface area contributed by atoms with E-state index in [9.17, 15) is 87.6 Å². The van der Waals surface area contributed by atoms with Crippen molar-refractivity contribution in [2.75, 3.05) is 0 Å². The van der Waals surface area contributed by atoms with Gasteiger partial charge in [0.05, 0.1) is 4.90 Å². The molecule has 214 valence electrons. The Hall–Kier alpha value is -1.52. The number of allylic oxidation sites excluding steroid dienone is 1. The molecule has 4 nitrogen and oxygen atoms in total. The van der Waals surface area contributed by atoms with E-state index in [1.165, 1.54) is 0 Å². The molecule has 0 saturated carbocycles. The first-order valence-electron chi connectivity index (χ1n) is 8.15. The van der Waals surface area contributed by atoms with Gasteiger partial charge in [0.25, 0.3) is 0 Å². The molecule has 0 saturated heterocycles. The normalized spacial score (nSPS) is 14.6. The molecule has 0 aliphatic rings. The number of benzene rings is 1. The predicted octanol–water partition coefficient (Wildman–Crippen LogP) is 3.46. The Labute approximate surface area is 220 Å². The van der Waals surface area contributed by atoms with Gasteiger partial charge in [0, 0.05) is 0 Å². The van der Waals surface area contributed by atoms with Crippen LogP contribution < -0.4 is 34.3 Å². The van der Waals surface area contributed by atoms with Gasteiger partial charge in [0.2, 0.25) is 5.83 Å². The molecule has 1 aromatic carbocycles. The van der Waals surface area contributed by atoms with Gasteiger partial charge in [-0.2, -0.15) is 74.6 Å². The second-order valence-electron chi connectivity index (χ2n) is 6.57. The quantitative estimate of drug-likeness (QED) is 0.227. The van der Waals surface area contributed by atoms with Crippen LogP contribution in [0.25, 0.3) is 0 Å². The van der Waals surface area contributed by atoms with Crippen LogP contribution in [0.1, 0.15) is 0 Å². The first-order valence-corrected chi connectivity index (χ1v) is 9.55. The SMILES string of the molecule is O=S(=O)([O-])c1ccc(OC(F)(F)C(F)(F)C(F)(F)C(F)(F)C(F)(F)C(F)(F)C(F)(F)C(F)=C(F)F)cc1.[Na+]. The Kier molecular flexibility index (Phi) is 10.0. The molecule has 0 spiro atoms. The van der Waals surface area contributed by atoms with Gasteiger partial charge in [-0.3, -0.25) is 0 Å². The number of ether oxygens (including phenoxy) is 1. The summed E-state index contributed by atoms with van der Waals surface area (Å²) in [6, 6.07) is -0.313. The molecule has 0 radical (unpaired) electrons. The van der Waals surface area contributed by atoms with E-state index in [4.69, 9.17) is 0 Å². The van der Waals surface area contributed by atoms with E-state index in [-0.39, 0.29) is 53.8 Å². The van der Waals surface area contributed by atoms with Gasteiger partial charge >= 0.3 is 77.3 Å². The maximum Gasteiger partial charge on any atom is 1.00 e. The second kappa shape index (κ2) is 10.5. The van der Waals surface area contributed by atoms with Gasteiger partial charge in [-0.15, -0.1) is 0 Å². The van der Waals surface area contributed by atoms with Crippen LogP contribution in [0, 0.1) is 0 Å². The summed E-state index contributed by atoms with van der Waals surface area (Å²) in [5.74, 6) is -56.8. The minimum atomic E-state index is -8.68. The summed E-state index contributed by atoms with van der Waals surface area (Å²) in [6.45, 7) is 0. The van der Waals surface area contributed by atoms with Crippen molar-refractivity contribution in [1.29, 1.82) is 0 Å². The standard InChI is InChI=1S/C15H5F17O4S.Na/c16-7(8(17)18)9(19,20)10(21,22)11(23,24)12(25,26)13(27,28)14(29,30)15(31,32)36-5-1-3-6(4-2-5)37(33,34)35;/h1-4H,(H,33,34,35);/q;+1/p-1. The van der Waals surface area contributed by atoms with E-state index in [2.05, 4.69) is 4.74 Å². The molecular weight excluding hydrogens is 622 g/mol. The van der Waals surface area contributed by atoms with Crippen molar-refractivity contribution < 1.29 is 122 Å². The van der Waals surface area contributed by atoms with E-state index >= 15 is 0 Å². The fraction of sp³-hybridized carbons (Fsp3) is 0.467. The third kappa shape index (κ3) is 5.55. The van der Waals surface area contributed by atoms with Gasteiger partial charge < -0.3 is 9.29 Å². The molecule has 1 rings (SSSR count). The number of rotatable bonds is 10. The Morgan fingerprint density at radius 1 is 0.632 bits per heavy atom. The fourth-order valence-electron chi connectivity index (χ4n) is 2.11. The van der Waals surface area contributed by atoms with Crippen molar-refractivity contribution in [2.45, 2.75) is 46.5 Å². The first-order chi connectivity index (χ1) is 16.0. The van der Waals surface area contributed by atoms with Gasteiger partial charge in [-0.25, -0.2) is 8.42 Å². The van der Waals surface area contributed by atoms with Crippen LogP contribution >= 0.6 is 0 Å². The topological polar surface area (TPSA) is 66.4 Å². The molecule has 0 unspecified atom stereocenters. The smallest absolute Gasteiger partial charge is 0.744 e. The summed E-state index contributed by atoms with van der Waals surface area (Å²) in [6.07, 6.45) is -11.7. The van der Waals surface area contributed by atoms with Crippen molar-refractivity contribution in [3.05, 3.63) is 36.2 Å². The van der Waals surface area contributed by atoms with Crippen LogP contribution in [0.2, 0.25) is 0 Å². The first kappa shape index (κ1) is 36.5. The van der Waals surface area contributed by atoms with Crippen LogP contribution in [0.5, 0.6) is 5.75 Å². The van der Waals surface area contributed by atoms with Crippen LogP contribution in [-0.4, -0.2) is 54.6 Å². The molecule has 0 aliphatic carbocycles. The van der Waals surface area contributed by atoms with Crippen LogP contribution in [0.15, 0.2) is 41.1 Å². The molecule has 0 heterocycles. The van der Waals surface area contributed by atoms with Crippen molar-refractivity contribution in [3.8, 4) is 5.75 Å². The van der Waals surface area contributed by atoms with E-state index in [1.807, 2.05) is 0 Å². The van der Waals surface area contributed by atoms with Gasteiger partial charge in [0.15, 0.2) is 0 Å². The molecule has 1 aromatic rings. The zero-order chi connectivity index (χ0) is 29.8. The largest absolute Gasteiger partial charge is 1.00 e. The van der Waals surface area contributed by atoms with E-state index in [0.717, 1.165) is 0 Å².